The van der Waals surface area contributed by atoms with Gasteiger partial charge in [-0.15, -0.1) is 0 Å². The van der Waals surface area contributed by atoms with Gasteiger partial charge in [0, 0.05) is 12.7 Å². The van der Waals surface area contributed by atoms with Crippen LogP contribution in [-0.2, 0) is 11.3 Å². The van der Waals surface area contributed by atoms with E-state index in [4.69, 9.17) is 0 Å². The quantitative estimate of drug-likeness (QED) is 0.845. The van der Waals surface area contributed by atoms with Gasteiger partial charge in [0.1, 0.15) is 5.82 Å². The highest BCUT2D eigenvalue weighted by Crippen LogP contribution is 2.36. The minimum Gasteiger partial charge on any atom is -0.370 e. The molecule has 0 saturated carbocycles. The minimum atomic E-state index is -5.50. The first-order chi connectivity index (χ1) is 9.14. The van der Waals surface area contributed by atoms with E-state index in [9.17, 15) is 26.3 Å². The number of anilines is 1. The van der Waals surface area contributed by atoms with Crippen molar-refractivity contribution in [1.82, 2.24) is 4.98 Å². The molecular weight excluding hydrogens is 290 g/mol. The normalized spacial score (nSPS) is 12.8. The van der Waals surface area contributed by atoms with E-state index in [1.807, 2.05) is 0 Å². The van der Waals surface area contributed by atoms with Crippen LogP contribution >= 0.6 is 0 Å². The topological polar surface area (TPSA) is 34.1 Å². The fourth-order valence-electron chi connectivity index (χ4n) is 1.40. The number of halogens is 6. The molecule has 1 aromatic heterocycles. The molecule has 114 valence electrons. The molecular formula is C11H12F6N2O. The molecule has 0 radical (unpaired) electrons. The Morgan fingerprint density at radius 2 is 1.80 bits per heavy atom. The van der Waals surface area contributed by atoms with Gasteiger partial charge < -0.3 is 10.1 Å². The molecule has 9 heteroatoms. The van der Waals surface area contributed by atoms with Crippen molar-refractivity contribution in [3.05, 3.63) is 23.9 Å². The van der Waals surface area contributed by atoms with Crippen LogP contribution in [0.3, 0.4) is 0 Å². The highest BCUT2D eigenvalue weighted by molar-refractivity contribution is 5.36. The van der Waals surface area contributed by atoms with Crippen molar-refractivity contribution in [2.75, 3.05) is 11.9 Å². The van der Waals surface area contributed by atoms with Crippen LogP contribution in [0.1, 0.15) is 12.5 Å². The van der Waals surface area contributed by atoms with E-state index in [0.717, 1.165) is 0 Å². The van der Waals surface area contributed by atoms with Gasteiger partial charge in [-0.05, 0) is 24.6 Å². The zero-order valence-corrected chi connectivity index (χ0v) is 10.3. The number of hydrogen-bond acceptors (Lipinski definition) is 3. The molecule has 1 N–H and O–H groups in total. The molecule has 0 bridgehead atoms. The fraction of sp³-hybridized carbons (Fsp3) is 0.545. The summed E-state index contributed by atoms with van der Waals surface area (Å²) in [7, 11) is 0. The zero-order valence-electron chi connectivity index (χ0n) is 10.3. The zero-order chi connectivity index (χ0) is 15.4. The van der Waals surface area contributed by atoms with Gasteiger partial charge in [-0.1, -0.05) is 0 Å². The van der Waals surface area contributed by atoms with E-state index in [0.29, 0.717) is 12.4 Å². The van der Waals surface area contributed by atoms with Gasteiger partial charge in [-0.25, -0.2) is 4.98 Å². The Balaban J connectivity index is 2.75. The summed E-state index contributed by atoms with van der Waals surface area (Å²) in [4.78, 5) is 3.84. The third kappa shape index (κ3) is 4.87. The molecule has 0 amide bonds. The second-order valence-electron chi connectivity index (χ2n) is 3.85. The van der Waals surface area contributed by atoms with Gasteiger partial charge in [-0.2, -0.15) is 26.3 Å². The van der Waals surface area contributed by atoms with E-state index in [-0.39, 0.29) is 5.56 Å². The van der Waals surface area contributed by atoms with E-state index in [1.165, 1.54) is 18.3 Å². The lowest BCUT2D eigenvalue weighted by Gasteiger charge is -2.23. The van der Waals surface area contributed by atoms with Gasteiger partial charge in [0.25, 0.3) is 0 Å². The van der Waals surface area contributed by atoms with Crippen LogP contribution in [0.5, 0.6) is 0 Å². The summed E-state index contributed by atoms with van der Waals surface area (Å²) in [6, 6.07) is 2.61. The second-order valence-corrected chi connectivity index (χ2v) is 3.85. The number of ether oxygens (including phenoxy) is 1. The maximum atomic E-state index is 12.2. The van der Waals surface area contributed by atoms with Gasteiger partial charge in [0.05, 0.1) is 6.61 Å². The lowest BCUT2D eigenvalue weighted by molar-refractivity contribution is -0.324. The average Bonchev–Trinajstić information content (AvgIpc) is 2.26. The number of nitrogens with zero attached hydrogens (tertiary/aromatic N) is 1. The Hall–Kier alpha value is -1.51. The van der Waals surface area contributed by atoms with Crippen molar-refractivity contribution in [1.29, 1.82) is 0 Å². The third-order valence-electron chi connectivity index (χ3n) is 2.19. The Labute approximate surface area is 110 Å². The highest BCUT2D eigenvalue weighted by Gasteiger charge is 2.57. The van der Waals surface area contributed by atoms with Crippen molar-refractivity contribution < 1.29 is 31.1 Å². The minimum absolute atomic E-state index is 0.162. The first-order valence-corrected chi connectivity index (χ1v) is 5.58. The summed E-state index contributed by atoms with van der Waals surface area (Å²) in [5.41, 5.74) is 0.162. The molecule has 0 fully saturated rings. The van der Waals surface area contributed by atoms with E-state index < -0.39 is 25.1 Å². The number of nitrogens with one attached hydrogen (secondary N) is 1. The van der Waals surface area contributed by atoms with Crippen LogP contribution in [0.15, 0.2) is 18.3 Å². The van der Waals surface area contributed by atoms with Crippen molar-refractivity contribution >= 4 is 5.82 Å². The predicted molar refractivity (Wildman–Crippen MR) is 59.1 cm³/mol. The van der Waals surface area contributed by atoms with Crippen LogP contribution in [-0.4, -0.2) is 30.0 Å². The van der Waals surface area contributed by atoms with E-state index in [1.54, 1.807) is 6.92 Å². The molecule has 0 spiro atoms. The van der Waals surface area contributed by atoms with Gasteiger partial charge in [0.15, 0.2) is 0 Å². The van der Waals surface area contributed by atoms with Gasteiger partial charge >= 0.3 is 12.4 Å². The van der Waals surface area contributed by atoms with Crippen molar-refractivity contribution in [2.45, 2.75) is 32.0 Å². The van der Waals surface area contributed by atoms with Crippen LogP contribution < -0.4 is 5.32 Å². The number of pyridine rings is 1. The van der Waals surface area contributed by atoms with Crippen LogP contribution in [0.4, 0.5) is 32.2 Å². The monoisotopic (exact) mass is 302 g/mol. The van der Waals surface area contributed by atoms with Crippen LogP contribution in [0.25, 0.3) is 0 Å². The molecule has 1 heterocycles. The standard InChI is InChI=1S/C11H12F6N2O/c1-2-18-8-5-7(3-4-19-8)6-20-9(10(12,13)14)11(15,16)17/h3-5,9H,2,6H2,1H3,(H,18,19). The summed E-state index contributed by atoms with van der Waals surface area (Å²) in [5, 5.41) is 2.78. The average molecular weight is 302 g/mol. The molecule has 0 aliphatic carbocycles. The lowest BCUT2D eigenvalue weighted by Crippen LogP contribution is -2.44. The summed E-state index contributed by atoms with van der Waals surface area (Å²) in [5.74, 6) is 0.351. The molecule has 0 aliphatic heterocycles. The third-order valence-corrected chi connectivity index (χ3v) is 2.19. The number of hydrogen-bond donors (Lipinski definition) is 1. The summed E-state index contributed by atoms with van der Waals surface area (Å²) >= 11 is 0. The first-order valence-electron chi connectivity index (χ1n) is 5.58. The maximum absolute atomic E-state index is 12.2. The molecule has 0 saturated heterocycles. The fourth-order valence-corrected chi connectivity index (χ4v) is 1.40. The molecule has 1 rings (SSSR count). The SMILES string of the molecule is CCNc1cc(COC(C(F)(F)F)C(F)(F)F)ccn1. The molecule has 1 aromatic rings. The number of rotatable bonds is 5. The number of alkyl halides is 6. The number of aromatic nitrogens is 1. The van der Waals surface area contributed by atoms with Crippen LogP contribution in [0, 0.1) is 0 Å². The lowest BCUT2D eigenvalue weighted by atomic mass is 10.2. The molecule has 0 atom stereocenters. The Kier molecular flexibility index (Phi) is 5.21. The summed E-state index contributed by atoms with van der Waals surface area (Å²) in [6.45, 7) is 1.48. The molecule has 0 aliphatic rings. The van der Waals surface area contributed by atoms with E-state index >= 15 is 0 Å². The van der Waals surface area contributed by atoms with Crippen LogP contribution in [0.2, 0.25) is 0 Å². The Morgan fingerprint density at radius 1 is 1.20 bits per heavy atom. The summed E-state index contributed by atoms with van der Waals surface area (Å²) in [6.07, 6.45) is -13.5. The Bertz CT molecular complexity index is 418. The van der Waals surface area contributed by atoms with Gasteiger partial charge in [-0.3, -0.25) is 0 Å². The summed E-state index contributed by atoms with van der Waals surface area (Å²) < 4.78 is 77.5. The molecule has 0 aromatic carbocycles. The van der Waals surface area contributed by atoms with E-state index in [2.05, 4.69) is 15.0 Å². The molecule has 20 heavy (non-hydrogen) atoms. The van der Waals surface area contributed by atoms with Gasteiger partial charge in [0.2, 0.25) is 6.10 Å². The first kappa shape index (κ1) is 16.5. The van der Waals surface area contributed by atoms with Crippen molar-refractivity contribution in [2.24, 2.45) is 0 Å². The van der Waals surface area contributed by atoms with Crippen molar-refractivity contribution in [3.8, 4) is 0 Å². The Morgan fingerprint density at radius 3 is 2.30 bits per heavy atom. The maximum Gasteiger partial charge on any atom is 0.423 e. The van der Waals surface area contributed by atoms with Crippen molar-refractivity contribution in [3.63, 3.8) is 0 Å². The molecule has 0 unspecified atom stereocenters. The highest BCUT2D eigenvalue weighted by atomic mass is 19.4. The predicted octanol–water partition coefficient (Wildman–Crippen LogP) is 3.52. The second kappa shape index (κ2) is 6.29. The molecule has 3 nitrogen and oxygen atoms in total. The largest absolute Gasteiger partial charge is 0.423 e. The smallest absolute Gasteiger partial charge is 0.370 e.